The molecule has 1 aliphatic heterocycles. The highest BCUT2D eigenvalue weighted by atomic mass is 35.5. The van der Waals surface area contributed by atoms with Crippen LogP contribution in [0.5, 0.6) is 0 Å². The molecule has 0 spiro atoms. The van der Waals surface area contributed by atoms with E-state index in [2.05, 4.69) is 10.4 Å². The Labute approximate surface area is 186 Å². The van der Waals surface area contributed by atoms with Crippen molar-refractivity contribution < 1.29 is 14.3 Å². The Bertz CT molecular complexity index is 1330. The van der Waals surface area contributed by atoms with E-state index in [0.29, 0.717) is 34.4 Å². The molecule has 2 aromatic carbocycles. The van der Waals surface area contributed by atoms with Crippen molar-refractivity contribution in [2.75, 3.05) is 23.4 Å². The third kappa shape index (κ3) is 3.54. The van der Waals surface area contributed by atoms with Gasteiger partial charge >= 0.3 is 6.09 Å². The second-order valence-corrected chi connectivity index (χ2v) is 8.51. The topological polar surface area (TPSA) is 76.5 Å². The number of carbonyl (C=O) groups is 2. The van der Waals surface area contributed by atoms with Gasteiger partial charge in [0.25, 0.3) is 5.91 Å². The van der Waals surface area contributed by atoms with E-state index in [-0.39, 0.29) is 5.91 Å². The van der Waals surface area contributed by atoms with Gasteiger partial charge in [-0.1, -0.05) is 29.8 Å². The molecule has 0 radical (unpaired) electrons. The minimum Gasteiger partial charge on any atom is -0.447 e. The number of fused-ring (bicyclic) bond motifs is 1. The zero-order valence-corrected chi connectivity index (χ0v) is 18.0. The van der Waals surface area contributed by atoms with Gasteiger partial charge in [-0.05, 0) is 43.3 Å². The molecule has 0 unspecified atom stereocenters. The molecule has 0 saturated carbocycles. The monoisotopic (exact) mass is 452 g/mol. The molecule has 31 heavy (non-hydrogen) atoms. The van der Waals surface area contributed by atoms with Gasteiger partial charge in [0.05, 0.1) is 34.2 Å². The number of ether oxygens (including phenoxy) is 1. The predicted molar refractivity (Wildman–Crippen MR) is 122 cm³/mol. The summed E-state index contributed by atoms with van der Waals surface area (Å²) in [5.74, 6) is -0.252. The molecule has 1 saturated heterocycles. The number of benzene rings is 2. The third-order valence-electron chi connectivity index (χ3n) is 5.03. The molecule has 0 aliphatic carbocycles. The number of anilines is 2. The van der Waals surface area contributed by atoms with E-state index < -0.39 is 6.09 Å². The molecule has 9 heteroatoms. The fourth-order valence-electron chi connectivity index (χ4n) is 3.55. The van der Waals surface area contributed by atoms with E-state index in [0.717, 1.165) is 21.6 Å². The van der Waals surface area contributed by atoms with Gasteiger partial charge in [0.1, 0.15) is 11.4 Å². The predicted octanol–water partition coefficient (Wildman–Crippen LogP) is 5.26. The van der Waals surface area contributed by atoms with Gasteiger partial charge in [-0.15, -0.1) is 11.3 Å². The number of cyclic esters (lactones) is 1. The molecule has 2 aromatic heterocycles. The Morgan fingerprint density at radius 1 is 1.19 bits per heavy atom. The van der Waals surface area contributed by atoms with Crippen LogP contribution < -0.4 is 10.2 Å². The lowest BCUT2D eigenvalue weighted by molar-refractivity contribution is 0.103. The zero-order valence-electron chi connectivity index (χ0n) is 16.5. The van der Waals surface area contributed by atoms with Gasteiger partial charge in [-0.25, -0.2) is 9.48 Å². The van der Waals surface area contributed by atoms with E-state index in [9.17, 15) is 9.59 Å². The summed E-state index contributed by atoms with van der Waals surface area (Å²) in [5, 5.41) is 9.06. The molecule has 1 aliphatic rings. The van der Waals surface area contributed by atoms with E-state index in [1.807, 2.05) is 43.3 Å². The maximum atomic E-state index is 13.1. The van der Waals surface area contributed by atoms with Crippen LogP contribution in [0.1, 0.15) is 15.4 Å². The Kier molecular flexibility index (Phi) is 4.88. The first kappa shape index (κ1) is 19.6. The lowest BCUT2D eigenvalue weighted by Crippen LogP contribution is -2.25. The highest BCUT2D eigenvalue weighted by molar-refractivity contribution is 7.20. The number of hydrogen-bond acceptors (Lipinski definition) is 5. The zero-order chi connectivity index (χ0) is 21.5. The summed E-state index contributed by atoms with van der Waals surface area (Å²) in [5.41, 5.74) is 2.82. The molecule has 0 atom stereocenters. The van der Waals surface area contributed by atoms with Crippen molar-refractivity contribution in [3.05, 3.63) is 70.2 Å². The van der Waals surface area contributed by atoms with Crippen LogP contribution in [0, 0.1) is 6.92 Å². The van der Waals surface area contributed by atoms with Gasteiger partial charge < -0.3 is 10.1 Å². The van der Waals surface area contributed by atoms with Crippen molar-refractivity contribution in [3.63, 3.8) is 0 Å². The summed E-state index contributed by atoms with van der Waals surface area (Å²) in [6.45, 7) is 2.69. The minimum atomic E-state index is -0.416. The molecule has 7 nitrogen and oxygen atoms in total. The van der Waals surface area contributed by atoms with Gasteiger partial charge in [0.2, 0.25) is 0 Å². The summed E-state index contributed by atoms with van der Waals surface area (Å²) < 4.78 is 6.83. The molecular formula is C22H17ClN4O3S. The van der Waals surface area contributed by atoms with Crippen LogP contribution in [0.4, 0.5) is 16.2 Å². The fraction of sp³-hybridized carbons (Fsp3) is 0.136. The van der Waals surface area contributed by atoms with Crippen molar-refractivity contribution in [1.82, 2.24) is 9.78 Å². The summed E-state index contributed by atoms with van der Waals surface area (Å²) in [6, 6.07) is 16.4. The second-order valence-electron chi connectivity index (χ2n) is 7.04. The van der Waals surface area contributed by atoms with Gasteiger partial charge in [0.15, 0.2) is 0 Å². The lowest BCUT2D eigenvalue weighted by Gasteiger charge is -2.17. The van der Waals surface area contributed by atoms with Crippen LogP contribution in [0.3, 0.4) is 0 Å². The number of thiophene rings is 1. The first-order valence-corrected chi connectivity index (χ1v) is 10.8. The van der Waals surface area contributed by atoms with Crippen molar-refractivity contribution in [3.8, 4) is 5.69 Å². The van der Waals surface area contributed by atoms with E-state index in [1.54, 1.807) is 22.9 Å². The molecule has 0 bridgehead atoms. The third-order valence-corrected chi connectivity index (χ3v) is 6.37. The summed E-state index contributed by atoms with van der Waals surface area (Å²) in [7, 11) is 0. The van der Waals surface area contributed by atoms with Crippen molar-refractivity contribution in [2.45, 2.75) is 6.92 Å². The number of nitrogens with one attached hydrogen (secondary N) is 1. The van der Waals surface area contributed by atoms with E-state index in [4.69, 9.17) is 16.3 Å². The molecular weight excluding hydrogens is 436 g/mol. The maximum Gasteiger partial charge on any atom is 0.414 e. The first-order valence-electron chi connectivity index (χ1n) is 9.61. The van der Waals surface area contributed by atoms with Crippen molar-refractivity contribution >= 4 is 56.5 Å². The molecule has 2 amide bonds. The molecule has 3 heterocycles. The Balaban J connectivity index is 1.48. The van der Waals surface area contributed by atoms with Crippen LogP contribution >= 0.6 is 22.9 Å². The van der Waals surface area contributed by atoms with Crippen LogP contribution in [0.25, 0.3) is 15.9 Å². The number of aryl methyl sites for hydroxylation is 1. The molecule has 156 valence electrons. The average Bonchev–Trinajstić information content (AvgIpc) is 3.45. The number of hydrogen-bond donors (Lipinski definition) is 1. The highest BCUT2D eigenvalue weighted by Gasteiger charge is 2.26. The normalized spacial score (nSPS) is 13.6. The van der Waals surface area contributed by atoms with Gasteiger partial charge in [-0.2, -0.15) is 5.10 Å². The number of para-hydroxylation sites is 2. The smallest absolute Gasteiger partial charge is 0.414 e. The van der Waals surface area contributed by atoms with Crippen LogP contribution in [-0.2, 0) is 4.74 Å². The number of amides is 2. The van der Waals surface area contributed by atoms with Crippen LogP contribution in [0.15, 0.2) is 54.6 Å². The maximum absolute atomic E-state index is 13.1. The number of carbonyl (C=O) groups excluding carboxylic acids is 2. The van der Waals surface area contributed by atoms with Gasteiger partial charge in [-0.3, -0.25) is 9.69 Å². The number of aromatic nitrogens is 2. The highest BCUT2D eigenvalue weighted by Crippen LogP contribution is 2.33. The molecule has 4 aromatic rings. The summed E-state index contributed by atoms with van der Waals surface area (Å²) in [6.07, 6.45) is -0.416. The standard InChI is InChI=1S/C22H17ClN4O3S/c1-13-16-12-19(31-21(16)27(25-13)15-6-4-5-14(23)11-15)20(28)24-17-7-2-3-8-18(17)26-9-10-30-22(26)29/h2-8,11-12H,9-10H2,1H3,(H,24,28). The SMILES string of the molecule is Cc1nn(-c2cccc(Cl)c2)c2sc(C(=O)Nc3ccccc3N3CCOC3=O)cc12. The summed E-state index contributed by atoms with van der Waals surface area (Å²) in [4.78, 5) is 28.0. The first-order chi connectivity index (χ1) is 15.0. The number of nitrogens with zero attached hydrogens (tertiary/aromatic N) is 3. The summed E-state index contributed by atoms with van der Waals surface area (Å²) >= 11 is 7.49. The molecule has 1 N–H and O–H groups in total. The van der Waals surface area contributed by atoms with E-state index in [1.165, 1.54) is 16.2 Å². The van der Waals surface area contributed by atoms with Crippen molar-refractivity contribution in [1.29, 1.82) is 0 Å². The number of rotatable bonds is 4. The Hall–Kier alpha value is -3.36. The Morgan fingerprint density at radius 2 is 2.03 bits per heavy atom. The number of halogens is 1. The van der Waals surface area contributed by atoms with Crippen LogP contribution in [-0.4, -0.2) is 34.9 Å². The Morgan fingerprint density at radius 3 is 2.81 bits per heavy atom. The largest absolute Gasteiger partial charge is 0.447 e. The lowest BCUT2D eigenvalue weighted by atomic mass is 10.2. The van der Waals surface area contributed by atoms with E-state index >= 15 is 0 Å². The molecule has 1 fully saturated rings. The van der Waals surface area contributed by atoms with Gasteiger partial charge in [0, 0.05) is 10.4 Å². The minimum absolute atomic E-state index is 0.252. The van der Waals surface area contributed by atoms with Crippen molar-refractivity contribution in [2.24, 2.45) is 0 Å². The molecule has 5 rings (SSSR count). The second kappa shape index (κ2) is 7.72. The quantitative estimate of drug-likeness (QED) is 0.458. The fourth-order valence-corrected chi connectivity index (χ4v) is 4.82. The average molecular weight is 453 g/mol. The van der Waals surface area contributed by atoms with Crippen LogP contribution in [0.2, 0.25) is 5.02 Å².